The summed E-state index contributed by atoms with van der Waals surface area (Å²) in [6.07, 6.45) is 5.17. The molecule has 0 N–H and O–H groups in total. The van der Waals surface area contributed by atoms with Crippen LogP contribution in [0.3, 0.4) is 0 Å². The van der Waals surface area contributed by atoms with Crippen LogP contribution < -0.4 is 4.90 Å². The molecular weight excluding hydrogens is 342 g/mol. The van der Waals surface area contributed by atoms with Gasteiger partial charge in [0.05, 0.1) is 5.69 Å². The Bertz CT molecular complexity index is 958. The van der Waals surface area contributed by atoms with Gasteiger partial charge in [-0.25, -0.2) is 4.98 Å². The first-order chi connectivity index (χ1) is 13.2. The Morgan fingerprint density at radius 2 is 2.04 bits per heavy atom. The average molecular weight is 367 g/mol. The van der Waals surface area contributed by atoms with E-state index in [2.05, 4.69) is 43.0 Å². The minimum absolute atomic E-state index is 0.619. The zero-order valence-electron chi connectivity index (χ0n) is 15.9. The monoisotopic (exact) mass is 367 g/mol. The fourth-order valence-corrected chi connectivity index (χ4v) is 3.92. The molecule has 0 bridgehead atoms. The molecule has 2 aliphatic rings. The summed E-state index contributed by atoms with van der Waals surface area (Å²) in [5, 5.41) is 8.68. The number of aryl methyl sites for hydroxylation is 1. The van der Waals surface area contributed by atoms with E-state index in [9.17, 15) is 0 Å². The fourth-order valence-electron chi connectivity index (χ4n) is 3.92. The lowest BCUT2D eigenvalue weighted by molar-refractivity contribution is 0.273. The molecule has 2 fully saturated rings. The number of rotatable bonds is 4. The van der Waals surface area contributed by atoms with Crippen LogP contribution in [0.1, 0.15) is 47.9 Å². The summed E-state index contributed by atoms with van der Waals surface area (Å²) in [5.41, 5.74) is 3.24. The van der Waals surface area contributed by atoms with Gasteiger partial charge in [0.15, 0.2) is 0 Å². The Balaban J connectivity index is 1.32. The molecule has 0 unspecified atom stereocenters. The van der Waals surface area contributed by atoms with E-state index in [1.807, 2.05) is 11.4 Å². The summed E-state index contributed by atoms with van der Waals surface area (Å²) >= 11 is 0. The largest absolute Gasteiger partial charge is 0.361 e. The van der Waals surface area contributed by atoms with Crippen LogP contribution in [-0.2, 0) is 6.54 Å². The van der Waals surface area contributed by atoms with Gasteiger partial charge in [-0.1, -0.05) is 5.16 Å². The number of hydrogen-bond donors (Lipinski definition) is 0. The van der Waals surface area contributed by atoms with E-state index in [1.165, 1.54) is 18.4 Å². The SMILES string of the molecule is Cc1nc2ncnn2c(N2CCCN(Cc3cc(C4CC4)on3)CC2)c1C. The first-order valence-corrected chi connectivity index (χ1v) is 9.79. The number of fused-ring (bicyclic) bond motifs is 1. The van der Waals surface area contributed by atoms with Crippen molar-refractivity contribution in [2.45, 2.75) is 45.6 Å². The lowest BCUT2D eigenvalue weighted by atomic mass is 10.2. The Morgan fingerprint density at radius 1 is 1.15 bits per heavy atom. The van der Waals surface area contributed by atoms with Gasteiger partial charge in [0.1, 0.15) is 17.9 Å². The van der Waals surface area contributed by atoms with E-state index >= 15 is 0 Å². The topological polar surface area (TPSA) is 75.6 Å². The van der Waals surface area contributed by atoms with Crippen LogP contribution in [0.4, 0.5) is 5.82 Å². The van der Waals surface area contributed by atoms with Gasteiger partial charge >= 0.3 is 0 Å². The predicted octanol–water partition coefficient (Wildman–Crippen LogP) is 2.32. The van der Waals surface area contributed by atoms with E-state index in [1.54, 1.807) is 6.33 Å². The molecule has 142 valence electrons. The molecule has 5 rings (SSSR count). The number of anilines is 1. The minimum Gasteiger partial charge on any atom is -0.361 e. The van der Waals surface area contributed by atoms with E-state index in [4.69, 9.17) is 4.52 Å². The molecule has 8 nitrogen and oxygen atoms in total. The second-order valence-electron chi connectivity index (χ2n) is 7.73. The highest BCUT2D eigenvalue weighted by molar-refractivity contribution is 5.54. The second kappa shape index (κ2) is 6.60. The molecule has 0 amide bonds. The Hall–Kier alpha value is -2.48. The summed E-state index contributed by atoms with van der Waals surface area (Å²) in [6.45, 7) is 9.02. The molecule has 8 heteroatoms. The number of nitrogens with zero attached hydrogens (tertiary/aromatic N) is 7. The van der Waals surface area contributed by atoms with Crippen LogP contribution in [0.5, 0.6) is 0 Å². The zero-order chi connectivity index (χ0) is 18.4. The van der Waals surface area contributed by atoms with Gasteiger partial charge in [0.2, 0.25) is 0 Å². The molecule has 1 saturated heterocycles. The quantitative estimate of drug-likeness (QED) is 0.700. The van der Waals surface area contributed by atoms with Crippen LogP contribution >= 0.6 is 0 Å². The summed E-state index contributed by atoms with van der Waals surface area (Å²) in [4.78, 5) is 13.7. The van der Waals surface area contributed by atoms with Crippen molar-refractivity contribution in [2.24, 2.45) is 0 Å². The second-order valence-corrected chi connectivity index (χ2v) is 7.73. The molecule has 4 heterocycles. The van der Waals surface area contributed by atoms with E-state index < -0.39 is 0 Å². The van der Waals surface area contributed by atoms with Gasteiger partial charge in [-0.15, -0.1) is 0 Å². The normalized spacial score (nSPS) is 19.0. The van der Waals surface area contributed by atoms with Crippen molar-refractivity contribution < 1.29 is 4.52 Å². The van der Waals surface area contributed by atoms with Crippen molar-refractivity contribution in [3.05, 3.63) is 35.1 Å². The zero-order valence-corrected chi connectivity index (χ0v) is 15.9. The molecule has 0 atom stereocenters. The predicted molar refractivity (Wildman–Crippen MR) is 101 cm³/mol. The van der Waals surface area contributed by atoms with Crippen LogP contribution in [0.2, 0.25) is 0 Å². The highest BCUT2D eigenvalue weighted by atomic mass is 16.5. The van der Waals surface area contributed by atoms with Crippen LogP contribution in [-0.4, -0.2) is 55.8 Å². The molecule has 0 radical (unpaired) electrons. The molecule has 3 aromatic rings. The van der Waals surface area contributed by atoms with Gasteiger partial charge in [0.25, 0.3) is 5.78 Å². The maximum Gasteiger partial charge on any atom is 0.254 e. The first-order valence-electron chi connectivity index (χ1n) is 9.79. The van der Waals surface area contributed by atoms with E-state index in [0.29, 0.717) is 11.7 Å². The van der Waals surface area contributed by atoms with Crippen molar-refractivity contribution in [3.8, 4) is 0 Å². The van der Waals surface area contributed by atoms with Gasteiger partial charge in [0, 0.05) is 56.0 Å². The highest BCUT2D eigenvalue weighted by Crippen LogP contribution is 2.40. The minimum atomic E-state index is 0.619. The Morgan fingerprint density at radius 3 is 2.89 bits per heavy atom. The van der Waals surface area contributed by atoms with E-state index in [0.717, 1.165) is 62.1 Å². The molecule has 1 aliphatic heterocycles. The third-order valence-corrected chi connectivity index (χ3v) is 5.71. The average Bonchev–Trinajstić information content (AvgIpc) is 3.31. The summed E-state index contributed by atoms with van der Waals surface area (Å²) < 4.78 is 7.38. The highest BCUT2D eigenvalue weighted by Gasteiger charge is 2.28. The van der Waals surface area contributed by atoms with Crippen LogP contribution in [0.25, 0.3) is 5.78 Å². The van der Waals surface area contributed by atoms with Gasteiger partial charge in [-0.3, -0.25) is 4.90 Å². The molecule has 0 spiro atoms. The Labute approximate surface area is 158 Å². The molecular formula is C19H25N7O. The van der Waals surface area contributed by atoms with Crippen LogP contribution in [0.15, 0.2) is 16.9 Å². The van der Waals surface area contributed by atoms with Gasteiger partial charge in [-0.2, -0.15) is 14.6 Å². The van der Waals surface area contributed by atoms with Crippen molar-refractivity contribution in [3.63, 3.8) is 0 Å². The summed E-state index contributed by atoms with van der Waals surface area (Å²) in [7, 11) is 0. The molecule has 27 heavy (non-hydrogen) atoms. The lowest BCUT2D eigenvalue weighted by Crippen LogP contribution is -2.32. The first kappa shape index (κ1) is 16.7. The molecule has 1 aliphatic carbocycles. The fraction of sp³-hybridized carbons (Fsp3) is 0.579. The summed E-state index contributed by atoms with van der Waals surface area (Å²) in [6, 6.07) is 2.15. The smallest absolute Gasteiger partial charge is 0.254 e. The molecule has 1 saturated carbocycles. The van der Waals surface area contributed by atoms with Gasteiger partial charge < -0.3 is 9.42 Å². The van der Waals surface area contributed by atoms with Gasteiger partial charge in [-0.05, 0) is 33.1 Å². The Kier molecular flexibility index (Phi) is 4.07. The van der Waals surface area contributed by atoms with Crippen molar-refractivity contribution in [2.75, 3.05) is 31.1 Å². The van der Waals surface area contributed by atoms with Crippen molar-refractivity contribution in [1.82, 2.24) is 29.6 Å². The van der Waals surface area contributed by atoms with Crippen molar-refractivity contribution >= 4 is 11.6 Å². The summed E-state index contributed by atoms with van der Waals surface area (Å²) in [5.74, 6) is 3.48. The third-order valence-electron chi connectivity index (χ3n) is 5.71. The lowest BCUT2D eigenvalue weighted by Gasteiger charge is -2.25. The standard InChI is InChI=1S/C19H25N7O/c1-13-14(2)22-19-20-12-21-26(19)18(13)25-7-3-6-24(8-9-25)11-16-10-17(27-23-16)15-4-5-15/h10,12,15H,3-9,11H2,1-2H3. The van der Waals surface area contributed by atoms with E-state index in [-0.39, 0.29) is 0 Å². The van der Waals surface area contributed by atoms with Crippen LogP contribution in [0, 0.1) is 13.8 Å². The van der Waals surface area contributed by atoms with Crippen molar-refractivity contribution in [1.29, 1.82) is 0 Å². The maximum absolute atomic E-state index is 5.51. The molecule has 3 aromatic heterocycles. The number of hydrogen-bond acceptors (Lipinski definition) is 7. The number of aromatic nitrogens is 5. The molecule has 0 aromatic carbocycles. The maximum atomic E-state index is 5.51. The third kappa shape index (κ3) is 3.18.